The third kappa shape index (κ3) is 2.45. The number of hydrogen-bond acceptors (Lipinski definition) is 5. The minimum Gasteiger partial charge on any atom is -0.508 e. The summed E-state index contributed by atoms with van der Waals surface area (Å²) in [4.78, 5) is 16.3. The molecule has 3 aromatic rings. The molecular formula is C16H14N2O3. The summed E-state index contributed by atoms with van der Waals surface area (Å²) in [5.41, 5.74) is 7.69. The first-order valence-corrected chi connectivity index (χ1v) is 6.51. The third-order valence-electron chi connectivity index (χ3n) is 3.46. The molecule has 0 fully saturated rings. The highest BCUT2D eigenvalue weighted by Gasteiger charge is 2.13. The Morgan fingerprint density at radius 2 is 2.10 bits per heavy atom. The normalized spacial score (nSPS) is 10.9. The zero-order valence-electron chi connectivity index (χ0n) is 11.5. The second kappa shape index (κ2) is 4.94. The van der Waals surface area contributed by atoms with Crippen LogP contribution in [0.15, 0.2) is 45.6 Å². The molecule has 21 heavy (non-hydrogen) atoms. The van der Waals surface area contributed by atoms with Crippen LogP contribution in [0.1, 0.15) is 16.8 Å². The van der Waals surface area contributed by atoms with Gasteiger partial charge in [-0.25, -0.2) is 9.78 Å². The van der Waals surface area contributed by atoms with E-state index in [2.05, 4.69) is 4.98 Å². The lowest BCUT2D eigenvalue weighted by atomic mass is 10.0. The second-order valence-corrected chi connectivity index (χ2v) is 4.90. The number of phenolic OH excluding ortho intramolecular Hbond substituents is 1. The van der Waals surface area contributed by atoms with Crippen molar-refractivity contribution in [3.63, 3.8) is 0 Å². The summed E-state index contributed by atoms with van der Waals surface area (Å²) < 4.78 is 5.28. The van der Waals surface area contributed by atoms with Crippen LogP contribution in [0, 0.1) is 6.92 Å². The Morgan fingerprint density at radius 3 is 2.86 bits per heavy atom. The maximum Gasteiger partial charge on any atom is 0.340 e. The summed E-state index contributed by atoms with van der Waals surface area (Å²) >= 11 is 0. The lowest BCUT2D eigenvalue weighted by Crippen LogP contribution is -2.11. The van der Waals surface area contributed by atoms with E-state index < -0.39 is 5.63 Å². The van der Waals surface area contributed by atoms with Gasteiger partial charge in [0.25, 0.3) is 0 Å². The van der Waals surface area contributed by atoms with E-state index in [4.69, 9.17) is 10.2 Å². The Balaban J connectivity index is 2.15. The molecule has 0 saturated carbocycles. The standard InChI is InChI=1S/C16H14N2O3/c1-9-12-6-5-11(19)8-14(12)21-16(20)13(9)7-10-3-2-4-15(17)18-10/h2-6,8,19H,7H2,1H3,(H2,17,18). The van der Waals surface area contributed by atoms with Gasteiger partial charge in [0.2, 0.25) is 0 Å². The van der Waals surface area contributed by atoms with Crippen molar-refractivity contribution in [2.75, 3.05) is 5.73 Å². The minimum atomic E-state index is -0.421. The van der Waals surface area contributed by atoms with Gasteiger partial charge < -0.3 is 15.3 Å². The minimum absolute atomic E-state index is 0.0651. The number of nitrogens with two attached hydrogens (primary N) is 1. The molecule has 0 spiro atoms. The lowest BCUT2D eigenvalue weighted by molar-refractivity contribution is 0.472. The van der Waals surface area contributed by atoms with Gasteiger partial charge in [0, 0.05) is 29.1 Å². The van der Waals surface area contributed by atoms with Gasteiger partial charge in [0.05, 0.1) is 0 Å². The van der Waals surface area contributed by atoms with E-state index in [1.807, 2.05) is 13.0 Å². The number of pyridine rings is 1. The maximum absolute atomic E-state index is 12.1. The monoisotopic (exact) mass is 282 g/mol. The van der Waals surface area contributed by atoms with Gasteiger partial charge in [-0.1, -0.05) is 6.07 Å². The van der Waals surface area contributed by atoms with Crippen molar-refractivity contribution in [2.24, 2.45) is 0 Å². The summed E-state index contributed by atoms with van der Waals surface area (Å²) in [7, 11) is 0. The van der Waals surface area contributed by atoms with Crippen molar-refractivity contribution in [3.8, 4) is 5.75 Å². The average molecular weight is 282 g/mol. The van der Waals surface area contributed by atoms with Crippen LogP contribution >= 0.6 is 0 Å². The molecule has 0 radical (unpaired) electrons. The van der Waals surface area contributed by atoms with E-state index in [0.717, 1.165) is 10.9 Å². The van der Waals surface area contributed by atoms with E-state index in [-0.39, 0.29) is 5.75 Å². The van der Waals surface area contributed by atoms with E-state index in [0.29, 0.717) is 29.1 Å². The smallest absolute Gasteiger partial charge is 0.340 e. The molecule has 1 aromatic carbocycles. The number of phenols is 1. The number of aryl methyl sites for hydroxylation is 1. The zero-order chi connectivity index (χ0) is 15.0. The third-order valence-corrected chi connectivity index (χ3v) is 3.46. The van der Waals surface area contributed by atoms with Crippen LogP contribution < -0.4 is 11.4 Å². The highest BCUT2D eigenvalue weighted by Crippen LogP contribution is 2.24. The van der Waals surface area contributed by atoms with Crippen LogP contribution in [-0.2, 0) is 6.42 Å². The van der Waals surface area contributed by atoms with Crippen LogP contribution in [0.2, 0.25) is 0 Å². The molecule has 3 rings (SSSR count). The first-order valence-electron chi connectivity index (χ1n) is 6.51. The molecule has 2 heterocycles. The summed E-state index contributed by atoms with van der Waals surface area (Å²) in [6, 6.07) is 10.1. The summed E-state index contributed by atoms with van der Waals surface area (Å²) in [6.07, 6.45) is 0.357. The fraction of sp³-hybridized carbons (Fsp3) is 0.125. The average Bonchev–Trinajstić information content (AvgIpc) is 2.43. The van der Waals surface area contributed by atoms with Gasteiger partial charge >= 0.3 is 5.63 Å². The van der Waals surface area contributed by atoms with Gasteiger partial charge in [0.1, 0.15) is 17.2 Å². The Hall–Kier alpha value is -2.82. The number of aromatic hydroxyl groups is 1. The molecule has 0 amide bonds. The van der Waals surface area contributed by atoms with Crippen molar-refractivity contribution < 1.29 is 9.52 Å². The molecule has 2 aromatic heterocycles. The van der Waals surface area contributed by atoms with Crippen LogP contribution in [-0.4, -0.2) is 10.1 Å². The lowest BCUT2D eigenvalue weighted by Gasteiger charge is -2.08. The van der Waals surface area contributed by atoms with Gasteiger partial charge in [-0.05, 0) is 36.8 Å². The van der Waals surface area contributed by atoms with Crippen molar-refractivity contribution in [1.29, 1.82) is 0 Å². The van der Waals surface area contributed by atoms with Crippen molar-refractivity contribution in [3.05, 3.63) is 63.6 Å². The second-order valence-electron chi connectivity index (χ2n) is 4.90. The van der Waals surface area contributed by atoms with Crippen molar-refractivity contribution >= 4 is 16.8 Å². The van der Waals surface area contributed by atoms with Gasteiger partial charge in [-0.3, -0.25) is 0 Å². The zero-order valence-corrected chi connectivity index (χ0v) is 11.5. The molecule has 0 aliphatic rings. The van der Waals surface area contributed by atoms with E-state index in [1.54, 1.807) is 24.3 Å². The van der Waals surface area contributed by atoms with Gasteiger partial charge in [-0.2, -0.15) is 0 Å². The molecule has 3 N–H and O–H groups in total. The molecule has 5 heteroatoms. The first kappa shape index (κ1) is 13.2. The van der Waals surface area contributed by atoms with Crippen LogP contribution in [0.25, 0.3) is 11.0 Å². The number of aromatic nitrogens is 1. The van der Waals surface area contributed by atoms with Gasteiger partial charge in [0.15, 0.2) is 0 Å². The van der Waals surface area contributed by atoms with Gasteiger partial charge in [-0.15, -0.1) is 0 Å². The largest absolute Gasteiger partial charge is 0.508 e. The number of rotatable bonds is 2. The Labute approximate surface area is 120 Å². The highest BCUT2D eigenvalue weighted by atomic mass is 16.4. The number of benzene rings is 1. The number of anilines is 1. The quantitative estimate of drug-likeness (QED) is 0.704. The Morgan fingerprint density at radius 1 is 1.29 bits per heavy atom. The molecule has 5 nitrogen and oxygen atoms in total. The van der Waals surface area contributed by atoms with E-state index in [1.165, 1.54) is 6.07 Å². The molecule has 0 atom stereocenters. The maximum atomic E-state index is 12.1. The number of nitrogens with zero attached hydrogens (tertiary/aromatic N) is 1. The fourth-order valence-corrected chi connectivity index (χ4v) is 2.36. The summed E-state index contributed by atoms with van der Waals surface area (Å²) in [6.45, 7) is 1.86. The summed E-state index contributed by atoms with van der Waals surface area (Å²) in [5, 5.41) is 10.3. The predicted molar refractivity (Wildman–Crippen MR) is 80.3 cm³/mol. The van der Waals surface area contributed by atoms with E-state index in [9.17, 15) is 9.90 Å². The molecule has 0 aliphatic carbocycles. The molecule has 0 aliphatic heterocycles. The Kier molecular flexibility index (Phi) is 3.10. The topological polar surface area (TPSA) is 89.4 Å². The van der Waals surface area contributed by atoms with Crippen molar-refractivity contribution in [2.45, 2.75) is 13.3 Å². The molecule has 106 valence electrons. The molecule has 0 saturated heterocycles. The first-order chi connectivity index (χ1) is 10.0. The molecule has 0 unspecified atom stereocenters. The summed E-state index contributed by atoms with van der Waals surface area (Å²) in [5.74, 6) is 0.482. The van der Waals surface area contributed by atoms with Crippen LogP contribution in [0.5, 0.6) is 5.75 Å². The predicted octanol–water partition coefficient (Wildman–Crippen LogP) is 2.38. The Bertz CT molecular complexity index is 884. The van der Waals surface area contributed by atoms with Crippen LogP contribution in [0.4, 0.5) is 5.82 Å². The molecule has 0 bridgehead atoms. The number of hydrogen-bond donors (Lipinski definition) is 2. The fourth-order valence-electron chi connectivity index (χ4n) is 2.36. The number of fused-ring (bicyclic) bond motifs is 1. The number of nitrogen functional groups attached to an aromatic ring is 1. The van der Waals surface area contributed by atoms with Crippen molar-refractivity contribution in [1.82, 2.24) is 4.98 Å². The van der Waals surface area contributed by atoms with Crippen LogP contribution in [0.3, 0.4) is 0 Å². The highest BCUT2D eigenvalue weighted by molar-refractivity contribution is 5.82. The molecular weight excluding hydrogens is 268 g/mol. The SMILES string of the molecule is Cc1c(Cc2cccc(N)n2)c(=O)oc2cc(O)ccc12. The van der Waals surface area contributed by atoms with E-state index >= 15 is 0 Å².